The Morgan fingerprint density at radius 2 is 1.67 bits per heavy atom. The van der Waals surface area contributed by atoms with Gasteiger partial charge in [0.2, 0.25) is 5.52 Å². The van der Waals surface area contributed by atoms with E-state index in [1.54, 1.807) is 0 Å². The maximum atomic E-state index is 4.64. The summed E-state index contributed by atoms with van der Waals surface area (Å²) in [5, 5.41) is 6.74. The molecule has 0 bridgehead atoms. The van der Waals surface area contributed by atoms with Crippen LogP contribution in [0.3, 0.4) is 0 Å². The molecule has 0 aliphatic heterocycles. The fraction of sp³-hybridized carbons (Fsp3) is 0.111. The van der Waals surface area contributed by atoms with Crippen LogP contribution in [0.5, 0.6) is 0 Å². The van der Waals surface area contributed by atoms with Crippen LogP contribution in [0, 0.1) is 0 Å². The second kappa shape index (κ2) is 4.68. The highest BCUT2D eigenvalue weighted by molar-refractivity contribution is 7.29. The molecule has 2 nitrogen and oxygen atoms in total. The molecule has 3 aromatic carbocycles. The lowest BCUT2D eigenvalue weighted by Gasteiger charge is -2.04. The molecule has 5 rings (SSSR count). The van der Waals surface area contributed by atoms with Crippen molar-refractivity contribution in [3.63, 3.8) is 0 Å². The molecule has 0 N–H and O–H groups in total. The van der Waals surface area contributed by atoms with Gasteiger partial charge < -0.3 is 0 Å². The molecule has 21 heavy (non-hydrogen) atoms. The number of hydrogen-bond donors (Lipinski definition) is 0. The van der Waals surface area contributed by atoms with Crippen molar-refractivity contribution in [2.45, 2.75) is 13.8 Å². The smallest absolute Gasteiger partial charge is 0.243 e. The van der Waals surface area contributed by atoms with E-state index in [0.29, 0.717) is 8.35 Å². The number of rotatable bonds is 0. The maximum Gasteiger partial charge on any atom is 0.247 e. The molecule has 0 aliphatic carbocycles. The Hall–Kier alpha value is -2.18. The largest absolute Gasteiger partial charge is 0.247 e. The Kier molecular flexibility index (Phi) is 2.80. The fourth-order valence-corrected chi connectivity index (χ4v) is 4.40. The van der Waals surface area contributed by atoms with Gasteiger partial charge in [-0.05, 0) is 16.8 Å². The van der Waals surface area contributed by atoms with Crippen LogP contribution in [0.25, 0.3) is 37.7 Å². The molecule has 0 saturated carbocycles. The van der Waals surface area contributed by atoms with Crippen LogP contribution in [0.1, 0.15) is 13.8 Å². The van der Waals surface area contributed by atoms with Gasteiger partial charge in [-0.15, -0.1) is 0 Å². The normalized spacial score (nSPS) is 11.7. The molecular weight excluding hydrogens is 275 g/mol. The summed E-state index contributed by atoms with van der Waals surface area (Å²) in [6.45, 7) is 4.00. The molecule has 0 aliphatic rings. The van der Waals surface area contributed by atoms with Crippen LogP contribution in [-0.4, -0.2) is 4.98 Å². The van der Waals surface area contributed by atoms with Gasteiger partial charge in [0.25, 0.3) is 0 Å². The van der Waals surface area contributed by atoms with Crippen molar-refractivity contribution in [3.8, 4) is 0 Å². The highest BCUT2D eigenvalue weighted by Crippen LogP contribution is 2.38. The van der Waals surface area contributed by atoms with E-state index in [9.17, 15) is 0 Å². The van der Waals surface area contributed by atoms with Crippen LogP contribution in [0.4, 0.5) is 0 Å². The third kappa shape index (κ3) is 1.60. The van der Waals surface area contributed by atoms with E-state index >= 15 is 0 Å². The summed E-state index contributed by atoms with van der Waals surface area (Å²) < 4.78 is 2.34. The quantitative estimate of drug-likeness (QED) is 0.375. The predicted octanol–water partition coefficient (Wildman–Crippen LogP) is 4.78. The summed E-state index contributed by atoms with van der Waals surface area (Å²) in [6.07, 6.45) is 4.01. The average molecular weight is 291 g/mol. The van der Waals surface area contributed by atoms with Crippen LogP contribution in [0.15, 0.2) is 54.9 Å². The van der Waals surface area contributed by atoms with Crippen LogP contribution in [-0.2, 0) is 0 Å². The van der Waals surface area contributed by atoms with Crippen LogP contribution >= 0.6 is 8.35 Å². The minimum atomic E-state index is 0.688. The van der Waals surface area contributed by atoms with Gasteiger partial charge in [-0.2, -0.15) is 4.16 Å². The molecule has 2 aromatic heterocycles. The average Bonchev–Trinajstić information content (AvgIpc) is 2.95. The molecule has 1 unspecified atom stereocenters. The van der Waals surface area contributed by atoms with Crippen molar-refractivity contribution in [1.29, 1.82) is 0 Å². The number of hydrogen-bond acceptors (Lipinski definition) is 1. The van der Waals surface area contributed by atoms with Crippen LogP contribution in [0.2, 0.25) is 0 Å². The van der Waals surface area contributed by atoms with Gasteiger partial charge in [-0.1, -0.05) is 50.2 Å². The number of aromatic nitrogens is 2. The summed E-state index contributed by atoms with van der Waals surface area (Å²) in [7, 11) is 0.688. The standard InChI is InChI=1S/C16H10N2P.C2H6/c1-2-5-12-10(4-1)11-6-3-7-13-14(11)16-15(12)17-8-9-18(16)19-13;1-2/h1-9,19H;1-2H3/q+1;. The summed E-state index contributed by atoms with van der Waals surface area (Å²) in [5.41, 5.74) is 2.42. The predicted molar refractivity (Wildman–Crippen MR) is 92.0 cm³/mol. The molecule has 0 fully saturated rings. The minimum absolute atomic E-state index is 0.688. The summed E-state index contributed by atoms with van der Waals surface area (Å²) in [5.74, 6) is 0. The topological polar surface area (TPSA) is 17.0 Å². The molecule has 102 valence electrons. The summed E-state index contributed by atoms with van der Waals surface area (Å²) >= 11 is 0. The van der Waals surface area contributed by atoms with Gasteiger partial charge >= 0.3 is 0 Å². The van der Waals surface area contributed by atoms with E-state index in [-0.39, 0.29) is 0 Å². The maximum absolute atomic E-state index is 4.64. The van der Waals surface area contributed by atoms with Crippen molar-refractivity contribution in [2.24, 2.45) is 0 Å². The first-order valence-corrected chi connectivity index (χ1v) is 8.29. The van der Waals surface area contributed by atoms with E-state index in [1.165, 1.54) is 32.2 Å². The molecule has 5 aromatic rings. The first-order valence-electron chi connectivity index (χ1n) is 7.34. The Bertz CT molecular complexity index is 978. The van der Waals surface area contributed by atoms with Gasteiger partial charge in [-0.3, -0.25) is 0 Å². The highest BCUT2D eigenvalue weighted by Gasteiger charge is 2.20. The Labute approximate surface area is 124 Å². The number of benzene rings is 3. The molecule has 0 amide bonds. The SMILES string of the molecule is CC.c1ccc2c(c1)c1cccc3[pH][n+]4ccnc2c4c31. The molecule has 0 saturated heterocycles. The first kappa shape index (κ1) is 12.6. The summed E-state index contributed by atoms with van der Waals surface area (Å²) in [4.78, 5) is 4.64. The van der Waals surface area contributed by atoms with E-state index in [1.807, 2.05) is 20.0 Å². The Morgan fingerprint density at radius 1 is 0.905 bits per heavy atom. The fourth-order valence-electron chi connectivity index (χ4n) is 3.13. The lowest BCUT2D eigenvalue weighted by molar-refractivity contribution is -0.427. The molecule has 2 heterocycles. The monoisotopic (exact) mass is 291 g/mol. The molecule has 0 spiro atoms. The lowest BCUT2D eigenvalue weighted by atomic mass is 10.00. The molecule has 0 radical (unpaired) electrons. The van der Waals surface area contributed by atoms with E-state index in [0.717, 1.165) is 5.52 Å². The van der Waals surface area contributed by atoms with Crippen molar-refractivity contribution in [2.75, 3.05) is 0 Å². The molecule has 3 heteroatoms. The van der Waals surface area contributed by atoms with Crippen molar-refractivity contribution >= 4 is 46.0 Å². The van der Waals surface area contributed by atoms with E-state index < -0.39 is 0 Å². The zero-order valence-electron chi connectivity index (χ0n) is 12.1. The third-order valence-corrected chi connectivity index (χ3v) is 5.17. The summed E-state index contributed by atoms with van der Waals surface area (Å²) in [6, 6.07) is 15.2. The van der Waals surface area contributed by atoms with Gasteiger partial charge in [-0.25, -0.2) is 4.98 Å². The number of fused-ring (bicyclic) bond motifs is 3. The van der Waals surface area contributed by atoms with Crippen molar-refractivity contribution in [1.82, 2.24) is 4.98 Å². The minimum Gasteiger partial charge on any atom is -0.243 e. The Balaban J connectivity index is 0.000000555. The van der Waals surface area contributed by atoms with Gasteiger partial charge in [0, 0.05) is 5.39 Å². The number of nitrogens with zero attached hydrogens (tertiary/aromatic N) is 2. The first-order chi connectivity index (χ1) is 10.4. The lowest BCUT2D eigenvalue weighted by Crippen LogP contribution is -2.13. The zero-order chi connectivity index (χ0) is 14.4. The van der Waals surface area contributed by atoms with Gasteiger partial charge in [0.05, 0.1) is 16.7 Å². The second-order valence-electron chi connectivity index (χ2n) is 4.88. The van der Waals surface area contributed by atoms with E-state index in [2.05, 4.69) is 57.8 Å². The van der Waals surface area contributed by atoms with Crippen molar-refractivity contribution < 1.29 is 4.16 Å². The van der Waals surface area contributed by atoms with E-state index in [4.69, 9.17) is 0 Å². The zero-order valence-corrected chi connectivity index (χ0v) is 13.1. The Morgan fingerprint density at radius 3 is 2.52 bits per heavy atom. The van der Waals surface area contributed by atoms with Crippen molar-refractivity contribution in [3.05, 3.63) is 54.9 Å². The molecule has 1 atom stereocenters. The highest BCUT2D eigenvalue weighted by atomic mass is 31.0. The van der Waals surface area contributed by atoms with Gasteiger partial charge in [0.1, 0.15) is 13.9 Å². The second-order valence-corrected chi connectivity index (χ2v) is 6.12. The third-order valence-electron chi connectivity index (χ3n) is 3.90. The van der Waals surface area contributed by atoms with Crippen LogP contribution < -0.4 is 4.16 Å². The molecular formula is C18H16N2P+. The van der Waals surface area contributed by atoms with Gasteiger partial charge in [0.15, 0.2) is 6.20 Å².